The van der Waals surface area contributed by atoms with Crippen LogP contribution in [0.4, 0.5) is 0 Å². The first-order chi connectivity index (χ1) is 16.4. The Bertz CT molecular complexity index is 1180. The minimum absolute atomic E-state index is 0.0237. The summed E-state index contributed by atoms with van der Waals surface area (Å²) in [5, 5.41) is 4.07. The van der Waals surface area contributed by atoms with Crippen LogP contribution in [0.25, 0.3) is 21.2 Å². The van der Waals surface area contributed by atoms with Gasteiger partial charge in [0.05, 0.1) is 19.8 Å². The molecule has 2 aliphatic rings. The lowest BCUT2D eigenvalue weighted by Gasteiger charge is -2.32. The van der Waals surface area contributed by atoms with Crippen molar-refractivity contribution in [2.45, 2.75) is 6.42 Å². The highest BCUT2D eigenvalue weighted by molar-refractivity contribution is 6.33. The lowest BCUT2D eigenvalue weighted by Crippen LogP contribution is -2.44. The van der Waals surface area contributed by atoms with E-state index in [1.165, 1.54) is 4.90 Å². The Balaban J connectivity index is 1.64. The van der Waals surface area contributed by atoms with Crippen molar-refractivity contribution < 1.29 is 23.9 Å². The maximum atomic E-state index is 13.2. The Labute approximate surface area is 195 Å². The molecule has 0 saturated carbocycles. The van der Waals surface area contributed by atoms with Gasteiger partial charge in [-0.05, 0) is 56.9 Å². The Hall–Kier alpha value is -3.79. The van der Waals surface area contributed by atoms with Gasteiger partial charge in [0, 0.05) is 51.0 Å². The Kier molecular flexibility index (Phi) is 6.60. The molecule has 11 nitrogen and oxygen atoms in total. The number of azide groups is 1. The summed E-state index contributed by atoms with van der Waals surface area (Å²) in [7, 11) is 3.84. The van der Waals surface area contributed by atoms with Gasteiger partial charge in [-0.15, -0.1) is 0 Å². The van der Waals surface area contributed by atoms with Crippen molar-refractivity contribution in [1.29, 1.82) is 0 Å². The Morgan fingerprint density at radius 2 is 1.29 bits per heavy atom. The second-order valence-electron chi connectivity index (χ2n) is 8.32. The van der Waals surface area contributed by atoms with Crippen molar-refractivity contribution in [2.75, 3.05) is 53.5 Å². The molecule has 0 atom stereocenters. The van der Waals surface area contributed by atoms with Gasteiger partial charge in [-0.2, -0.15) is 0 Å². The molecule has 0 radical (unpaired) electrons. The number of hydrogen-bond donors (Lipinski definition) is 0. The number of carbonyl (C=O) groups is 4. The molecule has 11 heteroatoms. The smallest absolute Gasteiger partial charge is 0.261 e. The second-order valence-corrected chi connectivity index (χ2v) is 8.32. The molecule has 2 heterocycles. The van der Waals surface area contributed by atoms with Crippen molar-refractivity contribution >= 4 is 34.4 Å². The summed E-state index contributed by atoms with van der Waals surface area (Å²) in [5.41, 5.74) is 9.46. The van der Waals surface area contributed by atoms with Gasteiger partial charge in [0.25, 0.3) is 23.6 Å². The molecule has 4 rings (SSSR count). The van der Waals surface area contributed by atoms with Crippen LogP contribution in [-0.2, 0) is 4.74 Å². The summed E-state index contributed by atoms with van der Waals surface area (Å²) >= 11 is 0. The Morgan fingerprint density at radius 3 is 1.74 bits per heavy atom. The second kappa shape index (κ2) is 9.60. The minimum Gasteiger partial charge on any atom is -0.379 e. The van der Waals surface area contributed by atoms with Crippen LogP contribution in [0.3, 0.4) is 0 Å². The lowest BCUT2D eigenvalue weighted by molar-refractivity contribution is 0.0524. The van der Waals surface area contributed by atoms with Gasteiger partial charge in [-0.1, -0.05) is 5.11 Å². The van der Waals surface area contributed by atoms with E-state index in [4.69, 9.17) is 10.3 Å². The molecule has 0 spiro atoms. The Morgan fingerprint density at radius 1 is 0.824 bits per heavy atom. The summed E-state index contributed by atoms with van der Waals surface area (Å²) in [6.45, 7) is 1.45. The highest BCUT2D eigenvalue weighted by Crippen LogP contribution is 2.37. The molecule has 2 aliphatic heterocycles. The maximum Gasteiger partial charge on any atom is 0.261 e. The highest BCUT2D eigenvalue weighted by atomic mass is 16.5. The van der Waals surface area contributed by atoms with E-state index in [-0.39, 0.29) is 44.0 Å². The number of carbonyl (C=O) groups excluding carboxylic acids is 4. The fourth-order valence-electron chi connectivity index (χ4n) is 4.33. The molecule has 0 bridgehead atoms. The average molecular weight is 464 g/mol. The zero-order valence-corrected chi connectivity index (χ0v) is 19.0. The normalized spacial score (nSPS) is 14.9. The van der Waals surface area contributed by atoms with E-state index in [0.29, 0.717) is 28.3 Å². The van der Waals surface area contributed by atoms with Gasteiger partial charge >= 0.3 is 0 Å². The van der Waals surface area contributed by atoms with Crippen molar-refractivity contribution in [3.8, 4) is 0 Å². The largest absolute Gasteiger partial charge is 0.379 e. The van der Waals surface area contributed by atoms with Gasteiger partial charge in [0.15, 0.2) is 0 Å². The summed E-state index contributed by atoms with van der Waals surface area (Å²) in [4.78, 5) is 59.5. The third-order valence-corrected chi connectivity index (χ3v) is 5.91. The number of benzene rings is 2. The standard InChI is InChI=1S/C23H24N6O5/c1-27(2)9-3-10-28-20(30)14-4-6-16-19-17(7-5-15(18(14)19)21(28)31)23(33)29(22(16)32)11-13-34-12-8-25-26-24/h4-7H,3,8-13H2,1-2H3. The van der Waals surface area contributed by atoms with Gasteiger partial charge in [0.2, 0.25) is 0 Å². The van der Waals surface area contributed by atoms with E-state index < -0.39 is 23.6 Å². The number of amides is 4. The van der Waals surface area contributed by atoms with E-state index in [2.05, 4.69) is 10.0 Å². The molecule has 0 aliphatic carbocycles. The van der Waals surface area contributed by atoms with Crippen LogP contribution in [0.5, 0.6) is 0 Å². The summed E-state index contributed by atoms with van der Waals surface area (Å²) in [6.07, 6.45) is 0.635. The van der Waals surface area contributed by atoms with Gasteiger partial charge in [0.1, 0.15) is 0 Å². The number of ether oxygens (including phenoxy) is 1. The fourth-order valence-corrected chi connectivity index (χ4v) is 4.33. The SMILES string of the molecule is CN(C)CCCN1C(=O)c2ccc3c4c(ccc(c24)C1=O)C(=O)N(CCOCCN=[N+]=[N-])C3=O. The molecule has 34 heavy (non-hydrogen) atoms. The maximum absolute atomic E-state index is 13.2. The average Bonchev–Trinajstić information content (AvgIpc) is 2.82. The molecule has 0 unspecified atom stereocenters. The molecule has 0 aromatic heterocycles. The number of hydrogen-bond acceptors (Lipinski definition) is 7. The molecule has 0 fully saturated rings. The highest BCUT2D eigenvalue weighted by Gasteiger charge is 2.39. The first kappa shape index (κ1) is 23.4. The van der Waals surface area contributed by atoms with Crippen molar-refractivity contribution in [2.24, 2.45) is 5.11 Å². The minimum atomic E-state index is -0.506. The van der Waals surface area contributed by atoms with Crippen molar-refractivity contribution in [1.82, 2.24) is 14.7 Å². The van der Waals surface area contributed by atoms with Gasteiger partial charge in [-0.25, -0.2) is 0 Å². The molecular weight excluding hydrogens is 440 g/mol. The third-order valence-electron chi connectivity index (χ3n) is 5.91. The lowest BCUT2D eigenvalue weighted by atomic mass is 9.86. The predicted molar refractivity (Wildman–Crippen MR) is 123 cm³/mol. The van der Waals surface area contributed by atoms with Crippen molar-refractivity contribution in [3.05, 3.63) is 57.0 Å². The van der Waals surface area contributed by atoms with Crippen LogP contribution in [0.15, 0.2) is 29.4 Å². The quantitative estimate of drug-likeness (QED) is 0.174. The van der Waals surface area contributed by atoms with E-state index >= 15 is 0 Å². The molecule has 0 saturated heterocycles. The number of nitrogens with zero attached hydrogens (tertiary/aromatic N) is 6. The van der Waals surface area contributed by atoms with E-state index in [1.54, 1.807) is 24.3 Å². The molecule has 176 valence electrons. The monoisotopic (exact) mass is 464 g/mol. The van der Waals surface area contributed by atoms with Gasteiger partial charge in [-0.3, -0.25) is 29.0 Å². The summed E-state index contributed by atoms with van der Waals surface area (Å²) < 4.78 is 5.34. The topological polar surface area (TPSA) is 136 Å². The van der Waals surface area contributed by atoms with Gasteiger partial charge < -0.3 is 9.64 Å². The molecule has 2 aromatic rings. The van der Waals surface area contributed by atoms with E-state index in [1.807, 2.05) is 19.0 Å². The van der Waals surface area contributed by atoms with Crippen LogP contribution >= 0.6 is 0 Å². The number of imide groups is 2. The molecular formula is C23H24N6O5. The summed E-state index contributed by atoms with van der Waals surface area (Å²) in [6, 6.07) is 6.20. The molecule has 0 N–H and O–H groups in total. The zero-order valence-electron chi connectivity index (χ0n) is 19.0. The molecule has 2 aromatic carbocycles. The van der Waals surface area contributed by atoms with Crippen LogP contribution in [0.1, 0.15) is 47.9 Å². The van der Waals surface area contributed by atoms with E-state index in [9.17, 15) is 19.2 Å². The zero-order chi connectivity index (χ0) is 24.4. The third kappa shape index (κ3) is 4.01. The first-order valence-corrected chi connectivity index (χ1v) is 10.9. The first-order valence-electron chi connectivity index (χ1n) is 10.9. The van der Waals surface area contributed by atoms with Crippen molar-refractivity contribution in [3.63, 3.8) is 0 Å². The van der Waals surface area contributed by atoms with Crippen LogP contribution in [0.2, 0.25) is 0 Å². The molecule has 4 amide bonds. The summed E-state index contributed by atoms with van der Waals surface area (Å²) in [5.74, 6) is -1.85. The predicted octanol–water partition coefficient (Wildman–Crippen LogP) is 2.31. The number of rotatable bonds is 10. The van der Waals surface area contributed by atoms with Crippen LogP contribution in [0, 0.1) is 0 Å². The van der Waals surface area contributed by atoms with Crippen LogP contribution < -0.4 is 0 Å². The van der Waals surface area contributed by atoms with E-state index in [0.717, 1.165) is 11.4 Å². The van der Waals surface area contributed by atoms with Crippen LogP contribution in [-0.4, -0.2) is 91.8 Å². The fraction of sp³-hybridized carbons (Fsp3) is 0.391.